The molecular weight excluding hydrogens is 256 g/mol. The summed E-state index contributed by atoms with van der Waals surface area (Å²) in [6.07, 6.45) is 15.3. The predicted molar refractivity (Wildman–Crippen MR) is 92.5 cm³/mol. The molecule has 2 nitrogen and oxygen atoms in total. The van der Waals surface area contributed by atoms with E-state index in [1.165, 1.54) is 57.8 Å². The first-order valence-corrected chi connectivity index (χ1v) is 8.92. The van der Waals surface area contributed by atoms with Crippen molar-refractivity contribution in [2.24, 2.45) is 5.73 Å². The molecule has 0 spiro atoms. The van der Waals surface area contributed by atoms with Crippen LogP contribution >= 0.6 is 0 Å². The molecule has 1 aromatic heterocycles. The Morgan fingerprint density at radius 3 is 2.14 bits per heavy atom. The van der Waals surface area contributed by atoms with E-state index in [-0.39, 0.29) is 6.04 Å². The van der Waals surface area contributed by atoms with Crippen LogP contribution < -0.4 is 5.73 Å². The maximum Gasteiger partial charge on any atom is 0.0447 e. The zero-order valence-corrected chi connectivity index (χ0v) is 14.1. The van der Waals surface area contributed by atoms with Crippen molar-refractivity contribution in [1.29, 1.82) is 0 Å². The Labute approximate surface area is 131 Å². The third-order valence-electron chi connectivity index (χ3n) is 4.44. The standard InChI is InChI=1S/C19H34N2/c1-3-4-5-6-7-8-9-10-11-14-18(20)17(2)19-15-12-13-16-21-19/h12-13,15-18H,3-11,14,20H2,1-2H3. The zero-order valence-electron chi connectivity index (χ0n) is 14.1. The summed E-state index contributed by atoms with van der Waals surface area (Å²) in [6.45, 7) is 4.47. The van der Waals surface area contributed by atoms with E-state index in [9.17, 15) is 0 Å². The number of hydrogen-bond acceptors (Lipinski definition) is 2. The quantitative estimate of drug-likeness (QED) is 0.521. The maximum atomic E-state index is 6.30. The summed E-state index contributed by atoms with van der Waals surface area (Å²) in [4.78, 5) is 4.41. The van der Waals surface area contributed by atoms with Crippen molar-refractivity contribution in [2.75, 3.05) is 0 Å². The van der Waals surface area contributed by atoms with Crippen molar-refractivity contribution in [1.82, 2.24) is 4.98 Å². The Balaban J connectivity index is 2.02. The van der Waals surface area contributed by atoms with Gasteiger partial charge in [0.15, 0.2) is 0 Å². The Morgan fingerprint density at radius 2 is 1.57 bits per heavy atom. The van der Waals surface area contributed by atoms with Gasteiger partial charge in [-0.3, -0.25) is 4.98 Å². The molecule has 0 saturated carbocycles. The van der Waals surface area contributed by atoms with Crippen molar-refractivity contribution in [2.45, 2.75) is 90.0 Å². The molecule has 21 heavy (non-hydrogen) atoms. The molecule has 1 heterocycles. The van der Waals surface area contributed by atoms with Crippen LogP contribution in [0.1, 0.15) is 89.7 Å². The molecule has 0 aliphatic rings. The normalized spacial score (nSPS) is 14.0. The minimum absolute atomic E-state index is 0.240. The van der Waals surface area contributed by atoms with Crippen LogP contribution in [0.25, 0.3) is 0 Å². The highest BCUT2D eigenvalue weighted by molar-refractivity contribution is 5.10. The molecule has 0 aromatic carbocycles. The van der Waals surface area contributed by atoms with E-state index >= 15 is 0 Å². The average molecular weight is 290 g/mol. The van der Waals surface area contributed by atoms with Gasteiger partial charge in [0.05, 0.1) is 0 Å². The number of unbranched alkanes of at least 4 members (excludes halogenated alkanes) is 8. The summed E-state index contributed by atoms with van der Waals surface area (Å²) in [7, 11) is 0. The Kier molecular flexibility index (Phi) is 10.1. The van der Waals surface area contributed by atoms with Crippen molar-refractivity contribution in [3.63, 3.8) is 0 Å². The van der Waals surface area contributed by atoms with E-state index in [1.54, 1.807) is 0 Å². The van der Waals surface area contributed by atoms with Gasteiger partial charge >= 0.3 is 0 Å². The molecule has 1 aromatic rings. The predicted octanol–water partition coefficient (Wildman–Crippen LogP) is 5.43. The van der Waals surface area contributed by atoms with Crippen LogP contribution in [0.15, 0.2) is 24.4 Å². The lowest BCUT2D eigenvalue weighted by Gasteiger charge is -2.19. The molecule has 0 aliphatic heterocycles. The first-order chi connectivity index (χ1) is 10.3. The smallest absolute Gasteiger partial charge is 0.0447 e. The third kappa shape index (κ3) is 8.21. The Bertz CT molecular complexity index is 337. The van der Waals surface area contributed by atoms with Crippen LogP contribution in [0.4, 0.5) is 0 Å². The van der Waals surface area contributed by atoms with Crippen LogP contribution in [0.2, 0.25) is 0 Å². The summed E-state index contributed by atoms with van der Waals surface area (Å²) in [6, 6.07) is 6.33. The van der Waals surface area contributed by atoms with Crippen LogP contribution in [0.3, 0.4) is 0 Å². The number of nitrogens with two attached hydrogens (primary N) is 1. The van der Waals surface area contributed by atoms with Gasteiger partial charge in [0.2, 0.25) is 0 Å². The third-order valence-corrected chi connectivity index (χ3v) is 4.44. The van der Waals surface area contributed by atoms with Gasteiger partial charge in [-0.25, -0.2) is 0 Å². The van der Waals surface area contributed by atoms with E-state index in [1.807, 2.05) is 18.3 Å². The molecule has 2 heteroatoms. The van der Waals surface area contributed by atoms with Crippen molar-refractivity contribution < 1.29 is 0 Å². The summed E-state index contributed by atoms with van der Waals surface area (Å²) >= 11 is 0. The van der Waals surface area contributed by atoms with Crippen LogP contribution in [-0.4, -0.2) is 11.0 Å². The fourth-order valence-corrected chi connectivity index (χ4v) is 2.81. The van der Waals surface area contributed by atoms with Gasteiger partial charge in [-0.1, -0.05) is 77.7 Å². The summed E-state index contributed by atoms with van der Waals surface area (Å²) in [5, 5.41) is 0. The fourth-order valence-electron chi connectivity index (χ4n) is 2.81. The molecule has 0 amide bonds. The second-order valence-corrected chi connectivity index (χ2v) is 6.32. The van der Waals surface area contributed by atoms with Gasteiger partial charge < -0.3 is 5.73 Å². The molecule has 0 bridgehead atoms. The van der Waals surface area contributed by atoms with Gasteiger partial charge in [0.1, 0.15) is 0 Å². The van der Waals surface area contributed by atoms with Crippen molar-refractivity contribution in [3.8, 4) is 0 Å². The van der Waals surface area contributed by atoms with Crippen LogP contribution in [-0.2, 0) is 0 Å². The Morgan fingerprint density at radius 1 is 0.952 bits per heavy atom. The van der Waals surface area contributed by atoms with E-state index in [0.717, 1.165) is 12.1 Å². The minimum atomic E-state index is 0.240. The largest absolute Gasteiger partial charge is 0.327 e. The lowest BCUT2D eigenvalue weighted by molar-refractivity contribution is 0.479. The highest BCUT2D eigenvalue weighted by Crippen LogP contribution is 2.19. The number of pyridine rings is 1. The number of hydrogen-bond donors (Lipinski definition) is 1. The molecule has 2 N–H and O–H groups in total. The van der Waals surface area contributed by atoms with Gasteiger partial charge in [0.25, 0.3) is 0 Å². The second-order valence-electron chi connectivity index (χ2n) is 6.32. The first kappa shape index (κ1) is 18.2. The lowest BCUT2D eigenvalue weighted by Crippen LogP contribution is -2.27. The van der Waals surface area contributed by atoms with E-state index in [0.29, 0.717) is 5.92 Å². The maximum absolute atomic E-state index is 6.30. The summed E-state index contributed by atoms with van der Waals surface area (Å²) in [5.74, 6) is 0.361. The van der Waals surface area contributed by atoms with Crippen LogP contribution in [0.5, 0.6) is 0 Å². The molecule has 120 valence electrons. The van der Waals surface area contributed by atoms with Crippen molar-refractivity contribution >= 4 is 0 Å². The number of rotatable bonds is 12. The van der Waals surface area contributed by atoms with Crippen molar-refractivity contribution in [3.05, 3.63) is 30.1 Å². The molecule has 1 rings (SSSR count). The summed E-state index contributed by atoms with van der Waals surface area (Å²) < 4.78 is 0. The van der Waals surface area contributed by atoms with E-state index < -0.39 is 0 Å². The average Bonchev–Trinajstić information content (AvgIpc) is 2.53. The van der Waals surface area contributed by atoms with Gasteiger partial charge in [-0.05, 0) is 18.6 Å². The minimum Gasteiger partial charge on any atom is -0.327 e. The second kappa shape index (κ2) is 11.7. The highest BCUT2D eigenvalue weighted by Gasteiger charge is 2.15. The number of nitrogens with zero attached hydrogens (tertiary/aromatic N) is 1. The van der Waals surface area contributed by atoms with E-state index in [2.05, 4.69) is 24.9 Å². The lowest BCUT2D eigenvalue weighted by atomic mass is 9.93. The topological polar surface area (TPSA) is 38.9 Å². The summed E-state index contributed by atoms with van der Waals surface area (Å²) in [5.41, 5.74) is 7.43. The van der Waals surface area contributed by atoms with Gasteiger partial charge in [-0.2, -0.15) is 0 Å². The monoisotopic (exact) mass is 290 g/mol. The number of aromatic nitrogens is 1. The molecule has 0 radical (unpaired) electrons. The van der Waals surface area contributed by atoms with E-state index in [4.69, 9.17) is 5.73 Å². The molecule has 0 fully saturated rings. The molecular formula is C19H34N2. The molecule has 0 aliphatic carbocycles. The van der Waals surface area contributed by atoms with Gasteiger partial charge in [-0.15, -0.1) is 0 Å². The fraction of sp³-hybridized carbons (Fsp3) is 0.737. The van der Waals surface area contributed by atoms with Crippen LogP contribution in [0, 0.1) is 0 Å². The molecule has 0 saturated heterocycles. The van der Waals surface area contributed by atoms with Gasteiger partial charge in [0, 0.05) is 23.9 Å². The Hall–Kier alpha value is -0.890. The first-order valence-electron chi connectivity index (χ1n) is 8.92. The molecule has 2 unspecified atom stereocenters. The zero-order chi connectivity index (χ0) is 15.3. The highest BCUT2D eigenvalue weighted by atomic mass is 14.7. The molecule has 2 atom stereocenters. The SMILES string of the molecule is CCCCCCCCCCCC(N)C(C)c1ccccn1.